The van der Waals surface area contributed by atoms with Crippen LogP contribution in [0.4, 0.5) is 5.69 Å². The summed E-state index contributed by atoms with van der Waals surface area (Å²) >= 11 is 5.99. The Morgan fingerprint density at radius 3 is 3.12 bits per heavy atom. The van der Waals surface area contributed by atoms with Gasteiger partial charge < -0.3 is 10.2 Å². The molecule has 3 rings (SSSR count). The fourth-order valence-electron chi connectivity index (χ4n) is 2.91. The number of hydrogen-bond donors (Lipinski definition) is 1. The lowest BCUT2D eigenvalue weighted by atomic mass is 9.93. The van der Waals surface area contributed by atoms with Crippen molar-refractivity contribution in [2.45, 2.75) is 18.9 Å². The molecule has 2 aliphatic rings. The third kappa shape index (κ3) is 1.94. The summed E-state index contributed by atoms with van der Waals surface area (Å²) in [6.07, 6.45) is 1.77. The monoisotopic (exact) mass is 250 g/mol. The van der Waals surface area contributed by atoms with E-state index in [1.807, 2.05) is 29.2 Å². The van der Waals surface area contributed by atoms with Crippen molar-refractivity contribution < 1.29 is 4.79 Å². The molecule has 1 N–H and O–H groups in total. The number of fused-ring (bicyclic) bond motifs is 1. The number of nitrogens with zero attached hydrogens (tertiary/aromatic N) is 1. The number of piperidine rings is 1. The molecule has 2 fully saturated rings. The maximum atomic E-state index is 12.1. The first-order valence-corrected chi connectivity index (χ1v) is 6.42. The second-order valence-corrected chi connectivity index (χ2v) is 5.20. The molecular formula is C13H15ClN2O. The van der Waals surface area contributed by atoms with Crippen molar-refractivity contribution in [1.29, 1.82) is 0 Å². The first kappa shape index (κ1) is 11.1. The average molecular weight is 251 g/mol. The van der Waals surface area contributed by atoms with Crippen LogP contribution in [-0.2, 0) is 4.79 Å². The van der Waals surface area contributed by atoms with Gasteiger partial charge in [-0.15, -0.1) is 0 Å². The minimum absolute atomic E-state index is 0.228. The van der Waals surface area contributed by atoms with Gasteiger partial charge in [-0.2, -0.15) is 0 Å². The lowest BCUT2D eigenvalue weighted by Gasteiger charge is -2.32. The van der Waals surface area contributed by atoms with Crippen molar-refractivity contribution in [2.75, 3.05) is 18.0 Å². The Bertz CT molecular complexity index is 449. The van der Waals surface area contributed by atoms with Gasteiger partial charge >= 0.3 is 0 Å². The van der Waals surface area contributed by atoms with E-state index in [0.717, 1.165) is 25.2 Å². The van der Waals surface area contributed by atoms with E-state index in [2.05, 4.69) is 5.32 Å². The highest BCUT2D eigenvalue weighted by Gasteiger charge is 2.41. The van der Waals surface area contributed by atoms with E-state index in [1.165, 1.54) is 0 Å². The van der Waals surface area contributed by atoms with Crippen molar-refractivity contribution in [2.24, 2.45) is 5.92 Å². The molecule has 0 bridgehead atoms. The van der Waals surface area contributed by atoms with Crippen LogP contribution in [0.3, 0.4) is 0 Å². The minimum Gasteiger partial charge on any atom is -0.315 e. The molecule has 1 amide bonds. The smallest absolute Gasteiger partial charge is 0.227 e. The summed E-state index contributed by atoms with van der Waals surface area (Å²) in [7, 11) is 0. The molecule has 17 heavy (non-hydrogen) atoms. The van der Waals surface area contributed by atoms with Crippen molar-refractivity contribution in [3.05, 3.63) is 29.3 Å². The van der Waals surface area contributed by atoms with Crippen molar-refractivity contribution in [3.63, 3.8) is 0 Å². The predicted octanol–water partition coefficient (Wildman–Crippen LogP) is 2.05. The van der Waals surface area contributed by atoms with Crippen LogP contribution in [0.15, 0.2) is 24.3 Å². The van der Waals surface area contributed by atoms with Crippen LogP contribution in [0, 0.1) is 5.92 Å². The van der Waals surface area contributed by atoms with Crippen LogP contribution in [0.5, 0.6) is 0 Å². The molecule has 2 unspecified atom stereocenters. The first-order valence-electron chi connectivity index (χ1n) is 6.04. The van der Waals surface area contributed by atoms with Crippen LogP contribution in [0.25, 0.3) is 0 Å². The highest BCUT2D eigenvalue weighted by Crippen LogP contribution is 2.34. The van der Waals surface area contributed by atoms with Gasteiger partial charge in [0.1, 0.15) is 0 Å². The summed E-state index contributed by atoms with van der Waals surface area (Å²) in [6.45, 7) is 1.92. The number of halogens is 1. The number of amides is 1. The van der Waals surface area contributed by atoms with Gasteiger partial charge in [-0.05, 0) is 37.1 Å². The van der Waals surface area contributed by atoms with E-state index in [9.17, 15) is 4.79 Å². The highest BCUT2D eigenvalue weighted by molar-refractivity contribution is 6.30. The molecule has 2 aliphatic heterocycles. The molecule has 90 valence electrons. The summed E-state index contributed by atoms with van der Waals surface area (Å²) < 4.78 is 0. The third-order valence-corrected chi connectivity index (χ3v) is 3.95. The van der Waals surface area contributed by atoms with Gasteiger partial charge in [0.25, 0.3) is 0 Å². The lowest BCUT2D eigenvalue weighted by Crippen LogP contribution is -2.46. The zero-order chi connectivity index (χ0) is 11.8. The normalized spacial score (nSPS) is 28.3. The topological polar surface area (TPSA) is 32.3 Å². The Labute approximate surface area is 106 Å². The molecule has 1 aromatic rings. The predicted molar refractivity (Wildman–Crippen MR) is 68.3 cm³/mol. The SMILES string of the molecule is O=C1CC2CCNCC2N1c1cccc(Cl)c1. The molecule has 3 nitrogen and oxygen atoms in total. The Morgan fingerprint density at radius 2 is 2.29 bits per heavy atom. The first-order chi connectivity index (χ1) is 8.25. The Balaban J connectivity index is 1.93. The Hall–Kier alpha value is -1.06. The number of nitrogens with one attached hydrogen (secondary N) is 1. The summed E-state index contributed by atoms with van der Waals surface area (Å²) in [5.74, 6) is 0.730. The number of rotatable bonds is 1. The molecule has 0 radical (unpaired) electrons. The lowest BCUT2D eigenvalue weighted by molar-refractivity contribution is -0.117. The van der Waals surface area contributed by atoms with Crippen LogP contribution in [0.2, 0.25) is 5.02 Å². The van der Waals surface area contributed by atoms with Crippen molar-refractivity contribution in [3.8, 4) is 0 Å². The standard InChI is InChI=1S/C13H15ClN2O/c14-10-2-1-3-11(7-10)16-12-8-15-5-4-9(12)6-13(16)17/h1-3,7,9,12,15H,4-6,8H2. The van der Waals surface area contributed by atoms with Gasteiger partial charge in [0.05, 0.1) is 6.04 Å². The number of benzene rings is 1. The van der Waals surface area contributed by atoms with Crippen molar-refractivity contribution >= 4 is 23.2 Å². The van der Waals surface area contributed by atoms with Crippen LogP contribution in [-0.4, -0.2) is 25.0 Å². The largest absolute Gasteiger partial charge is 0.315 e. The van der Waals surface area contributed by atoms with E-state index >= 15 is 0 Å². The number of carbonyl (C=O) groups excluding carboxylic acids is 1. The van der Waals surface area contributed by atoms with E-state index in [4.69, 9.17) is 11.6 Å². The van der Waals surface area contributed by atoms with Crippen LogP contribution < -0.4 is 10.2 Å². The van der Waals surface area contributed by atoms with E-state index in [0.29, 0.717) is 23.4 Å². The zero-order valence-corrected chi connectivity index (χ0v) is 10.3. The molecule has 2 atom stereocenters. The van der Waals surface area contributed by atoms with Crippen LogP contribution >= 0.6 is 11.6 Å². The van der Waals surface area contributed by atoms with Gasteiger partial charge in [0.2, 0.25) is 5.91 Å². The van der Waals surface area contributed by atoms with E-state index < -0.39 is 0 Å². The fourth-order valence-corrected chi connectivity index (χ4v) is 3.09. The molecule has 0 saturated carbocycles. The highest BCUT2D eigenvalue weighted by atomic mass is 35.5. The zero-order valence-electron chi connectivity index (χ0n) is 9.53. The molecule has 0 aliphatic carbocycles. The molecule has 2 saturated heterocycles. The Kier molecular flexibility index (Phi) is 2.81. The summed E-state index contributed by atoms with van der Waals surface area (Å²) in [5.41, 5.74) is 0.929. The molecule has 2 heterocycles. The second-order valence-electron chi connectivity index (χ2n) is 4.77. The second kappa shape index (κ2) is 4.31. The maximum absolute atomic E-state index is 12.1. The van der Waals surface area contributed by atoms with Gasteiger partial charge in [-0.25, -0.2) is 0 Å². The van der Waals surface area contributed by atoms with Gasteiger partial charge in [-0.3, -0.25) is 4.79 Å². The van der Waals surface area contributed by atoms with E-state index in [-0.39, 0.29) is 5.91 Å². The molecular weight excluding hydrogens is 236 g/mol. The van der Waals surface area contributed by atoms with Gasteiger partial charge in [0.15, 0.2) is 0 Å². The maximum Gasteiger partial charge on any atom is 0.227 e. The third-order valence-electron chi connectivity index (χ3n) is 3.71. The molecule has 0 aromatic heterocycles. The molecule has 4 heteroatoms. The van der Waals surface area contributed by atoms with Crippen LogP contribution in [0.1, 0.15) is 12.8 Å². The number of hydrogen-bond acceptors (Lipinski definition) is 2. The number of anilines is 1. The van der Waals surface area contributed by atoms with Gasteiger partial charge in [0, 0.05) is 23.7 Å². The van der Waals surface area contributed by atoms with Gasteiger partial charge in [-0.1, -0.05) is 17.7 Å². The van der Waals surface area contributed by atoms with E-state index in [1.54, 1.807) is 0 Å². The summed E-state index contributed by atoms with van der Waals surface area (Å²) in [5, 5.41) is 4.05. The minimum atomic E-state index is 0.228. The Morgan fingerprint density at radius 1 is 1.41 bits per heavy atom. The number of carbonyl (C=O) groups is 1. The molecule has 1 aromatic carbocycles. The summed E-state index contributed by atoms with van der Waals surface area (Å²) in [4.78, 5) is 14.0. The average Bonchev–Trinajstić information content (AvgIpc) is 2.64. The quantitative estimate of drug-likeness (QED) is 0.828. The van der Waals surface area contributed by atoms with Crippen molar-refractivity contribution in [1.82, 2.24) is 5.32 Å². The fraction of sp³-hybridized carbons (Fsp3) is 0.462. The molecule has 0 spiro atoms. The summed E-state index contributed by atoms with van der Waals surface area (Å²) in [6, 6.07) is 7.86.